The standard InChI is InChI=1S/C9H13N/c1-7-5-9(6-10-7)8-3-2-4-8/h5,8H,2-4,6H2,1H3. The highest BCUT2D eigenvalue weighted by Crippen LogP contribution is 2.34. The van der Waals surface area contributed by atoms with Crippen molar-refractivity contribution in [1.29, 1.82) is 0 Å². The normalized spacial score (nSPS) is 25.7. The first-order valence-corrected chi connectivity index (χ1v) is 4.08. The van der Waals surface area contributed by atoms with Crippen molar-refractivity contribution in [2.24, 2.45) is 10.9 Å². The van der Waals surface area contributed by atoms with Crippen molar-refractivity contribution in [2.75, 3.05) is 6.54 Å². The van der Waals surface area contributed by atoms with E-state index in [1.807, 2.05) is 0 Å². The van der Waals surface area contributed by atoms with Crippen LogP contribution in [0.2, 0.25) is 0 Å². The van der Waals surface area contributed by atoms with Gasteiger partial charge in [-0.05, 0) is 37.3 Å². The van der Waals surface area contributed by atoms with E-state index < -0.39 is 0 Å². The van der Waals surface area contributed by atoms with E-state index in [1.54, 1.807) is 5.57 Å². The van der Waals surface area contributed by atoms with Gasteiger partial charge >= 0.3 is 0 Å². The molecule has 0 aromatic carbocycles. The SMILES string of the molecule is CC1=NCC(C2CCC2)=C1. The summed E-state index contributed by atoms with van der Waals surface area (Å²) in [6.07, 6.45) is 6.52. The van der Waals surface area contributed by atoms with E-state index in [1.165, 1.54) is 25.0 Å². The molecule has 0 saturated heterocycles. The summed E-state index contributed by atoms with van der Waals surface area (Å²) >= 11 is 0. The van der Waals surface area contributed by atoms with E-state index >= 15 is 0 Å². The monoisotopic (exact) mass is 135 g/mol. The number of allylic oxidation sites excluding steroid dienone is 1. The number of hydrogen-bond donors (Lipinski definition) is 0. The zero-order valence-electron chi connectivity index (χ0n) is 6.43. The average molecular weight is 135 g/mol. The molecule has 0 bridgehead atoms. The van der Waals surface area contributed by atoms with Crippen LogP contribution in [0.1, 0.15) is 26.2 Å². The molecule has 2 rings (SSSR count). The number of nitrogens with zero attached hydrogens (tertiary/aromatic N) is 1. The Morgan fingerprint density at radius 1 is 1.50 bits per heavy atom. The molecular formula is C9H13N. The quantitative estimate of drug-likeness (QED) is 0.522. The van der Waals surface area contributed by atoms with Crippen LogP contribution in [0.5, 0.6) is 0 Å². The molecule has 1 aliphatic carbocycles. The Labute approximate surface area is 61.9 Å². The minimum absolute atomic E-state index is 0.904. The lowest BCUT2D eigenvalue weighted by Gasteiger charge is -2.26. The van der Waals surface area contributed by atoms with Gasteiger partial charge in [0.1, 0.15) is 0 Å². The summed E-state index contributed by atoms with van der Waals surface area (Å²) in [6, 6.07) is 0. The predicted molar refractivity (Wildman–Crippen MR) is 43.4 cm³/mol. The summed E-state index contributed by atoms with van der Waals surface area (Å²) in [5, 5.41) is 0. The minimum Gasteiger partial charge on any atom is -0.286 e. The fourth-order valence-electron chi connectivity index (χ4n) is 1.60. The number of aliphatic imine (C=N–C) groups is 1. The highest BCUT2D eigenvalue weighted by molar-refractivity contribution is 5.95. The molecular weight excluding hydrogens is 122 g/mol. The van der Waals surface area contributed by atoms with E-state index in [9.17, 15) is 0 Å². The molecule has 0 unspecified atom stereocenters. The fraction of sp³-hybridized carbons (Fsp3) is 0.667. The third-order valence-corrected chi connectivity index (χ3v) is 2.53. The molecule has 0 atom stereocenters. The van der Waals surface area contributed by atoms with Gasteiger partial charge < -0.3 is 0 Å². The Balaban J connectivity index is 2.02. The van der Waals surface area contributed by atoms with Crippen LogP contribution in [0.3, 0.4) is 0 Å². The van der Waals surface area contributed by atoms with Crippen molar-refractivity contribution in [3.8, 4) is 0 Å². The molecule has 54 valence electrons. The lowest BCUT2D eigenvalue weighted by Crippen LogP contribution is -2.14. The van der Waals surface area contributed by atoms with Crippen molar-refractivity contribution >= 4 is 5.71 Å². The van der Waals surface area contributed by atoms with Gasteiger partial charge in [-0.2, -0.15) is 0 Å². The molecule has 0 amide bonds. The molecule has 0 radical (unpaired) electrons. The number of rotatable bonds is 1. The van der Waals surface area contributed by atoms with Gasteiger partial charge in [0.2, 0.25) is 0 Å². The summed E-state index contributed by atoms with van der Waals surface area (Å²) < 4.78 is 0. The Morgan fingerprint density at radius 3 is 2.70 bits per heavy atom. The Bertz CT molecular complexity index is 197. The molecule has 2 aliphatic rings. The predicted octanol–water partition coefficient (Wildman–Crippen LogP) is 2.19. The van der Waals surface area contributed by atoms with Crippen molar-refractivity contribution in [3.05, 3.63) is 11.6 Å². The maximum Gasteiger partial charge on any atom is 0.0609 e. The van der Waals surface area contributed by atoms with Gasteiger partial charge in [0.25, 0.3) is 0 Å². The topological polar surface area (TPSA) is 12.4 Å². The Morgan fingerprint density at radius 2 is 2.30 bits per heavy atom. The summed E-state index contributed by atoms with van der Waals surface area (Å²) in [6.45, 7) is 3.09. The first-order valence-electron chi connectivity index (χ1n) is 4.08. The summed E-state index contributed by atoms with van der Waals surface area (Å²) in [7, 11) is 0. The molecule has 1 heteroatoms. The van der Waals surface area contributed by atoms with Gasteiger partial charge in [-0.1, -0.05) is 6.42 Å². The van der Waals surface area contributed by atoms with Crippen LogP contribution < -0.4 is 0 Å². The van der Waals surface area contributed by atoms with Crippen LogP contribution in [-0.4, -0.2) is 12.3 Å². The lowest BCUT2D eigenvalue weighted by atomic mass is 9.80. The molecule has 10 heavy (non-hydrogen) atoms. The summed E-state index contributed by atoms with van der Waals surface area (Å²) in [5.41, 5.74) is 2.81. The molecule has 1 heterocycles. The van der Waals surface area contributed by atoms with Crippen LogP contribution in [-0.2, 0) is 0 Å². The average Bonchev–Trinajstić information content (AvgIpc) is 2.10. The van der Waals surface area contributed by atoms with E-state index in [0.717, 1.165) is 12.5 Å². The van der Waals surface area contributed by atoms with Crippen LogP contribution in [0.4, 0.5) is 0 Å². The van der Waals surface area contributed by atoms with Gasteiger partial charge in [-0.15, -0.1) is 0 Å². The fourth-order valence-corrected chi connectivity index (χ4v) is 1.60. The highest BCUT2D eigenvalue weighted by atomic mass is 14.8. The van der Waals surface area contributed by atoms with Crippen LogP contribution in [0.15, 0.2) is 16.6 Å². The van der Waals surface area contributed by atoms with Crippen LogP contribution >= 0.6 is 0 Å². The molecule has 1 fully saturated rings. The zero-order chi connectivity index (χ0) is 6.97. The Hall–Kier alpha value is -0.590. The molecule has 0 aromatic rings. The number of hydrogen-bond acceptors (Lipinski definition) is 1. The second kappa shape index (κ2) is 2.22. The van der Waals surface area contributed by atoms with Crippen molar-refractivity contribution in [2.45, 2.75) is 26.2 Å². The van der Waals surface area contributed by atoms with E-state index in [-0.39, 0.29) is 0 Å². The highest BCUT2D eigenvalue weighted by Gasteiger charge is 2.22. The molecule has 0 aromatic heterocycles. The van der Waals surface area contributed by atoms with E-state index in [0.29, 0.717) is 0 Å². The second-order valence-electron chi connectivity index (χ2n) is 3.30. The molecule has 0 N–H and O–H groups in total. The van der Waals surface area contributed by atoms with Crippen molar-refractivity contribution in [3.63, 3.8) is 0 Å². The van der Waals surface area contributed by atoms with Crippen LogP contribution in [0, 0.1) is 5.92 Å². The van der Waals surface area contributed by atoms with Crippen molar-refractivity contribution < 1.29 is 0 Å². The second-order valence-corrected chi connectivity index (χ2v) is 3.30. The molecule has 1 aliphatic heterocycles. The Kier molecular flexibility index (Phi) is 1.37. The van der Waals surface area contributed by atoms with E-state index in [2.05, 4.69) is 18.0 Å². The van der Waals surface area contributed by atoms with Gasteiger partial charge in [-0.3, -0.25) is 4.99 Å². The largest absolute Gasteiger partial charge is 0.286 e. The third-order valence-electron chi connectivity index (χ3n) is 2.53. The third kappa shape index (κ3) is 0.898. The molecule has 0 spiro atoms. The zero-order valence-corrected chi connectivity index (χ0v) is 6.43. The van der Waals surface area contributed by atoms with Crippen LogP contribution in [0.25, 0.3) is 0 Å². The molecule has 1 saturated carbocycles. The maximum atomic E-state index is 4.34. The first kappa shape index (κ1) is 6.14. The van der Waals surface area contributed by atoms with Gasteiger partial charge in [-0.25, -0.2) is 0 Å². The lowest BCUT2D eigenvalue weighted by molar-refractivity contribution is 0.366. The summed E-state index contributed by atoms with van der Waals surface area (Å²) in [5.74, 6) is 0.904. The maximum absolute atomic E-state index is 4.34. The van der Waals surface area contributed by atoms with E-state index in [4.69, 9.17) is 0 Å². The van der Waals surface area contributed by atoms with Gasteiger partial charge in [0.15, 0.2) is 0 Å². The summed E-state index contributed by atoms with van der Waals surface area (Å²) in [4.78, 5) is 4.34. The van der Waals surface area contributed by atoms with Crippen molar-refractivity contribution in [1.82, 2.24) is 0 Å². The smallest absolute Gasteiger partial charge is 0.0609 e. The minimum atomic E-state index is 0.904. The first-order chi connectivity index (χ1) is 4.86. The van der Waals surface area contributed by atoms with Gasteiger partial charge in [0.05, 0.1) is 6.54 Å². The van der Waals surface area contributed by atoms with Gasteiger partial charge in [0, 0.05) is 5.71 Å². The molecule has 1 nitrogen and oxygen atoms in total.